The van der Waals surface area contributed by atoms with Crippen molar-refractivity contribution in [2.75, 3.05) is 11.9 Å². The third-order valence-electron chi connectivity index (χ3n) is 3.33. The van der Waals surface area contributed by atoms with Crippen LogP contribution in [0.5, 0.6) is 0 Å². The number of aliphatic hydroxyl groups is 1. The van der Waals surface area contributed by atoms with E-state index >= 15 is 0 Å². The smallest absolute Gasteiger partial charge is 0.183 e. The average Bonchev–Trinajstić information content (AvgIpc) is 2.56. The van der Waals surface area contributed by atoms with Crippen LogP contribution in [0.4, 0.5) is 5.13 Å². The van der Waals surface area contributed by atoms with Crippen molar-refractivity contribution in [3.05, 3.63) is 10.6 Å². The molecule has 16 heavy (non-hydrogen) atoms. The molecule has 4 heteroatoms. The van der Waals surface area contributed by atoms with Gasteiger partial charge >= 0.3 is 0 Å². The zero-order chi connectivity index (χ0) is 11.5. The molecule has 90 valence electrons. The molecule has 1 saturated carbocycles. The SMILES string of the molecule is Cc1nc(NCC2CCCC(O)C2)sc1C. The molecule has 1 aliphatic rings. The van der Waals surface area contributed by atoms with Gasteiger partial charge in [0.1, 0.15) is 0 Å². The van der Waals surface area contributed by atoms with Crippen LogP contribution in [0.1, 0.15) is 36.3 Å². The molecule has 0 aromatic carbocycles. The highest BCUT2D eigenvalue weighted by atomic mass is 32.1. The highest BCUT2D eigenvalue weighted by molar-refractivity contribution is 7.15. The summed E-state index contributed by atoms with van der Waals surface area (Å²) in [6.07, 6.45) is 4.22. The lowest BCUT2D eigenvalue weighted by Gasteiger charge is -2.25. The number of aromatic nitrogens is 1. The zero-order valence-electron chi connectivity index (χ0n) is 9.99. The molecular formula is C12H20N2OS. The normalized spacial score (nSPS) is 25.7. The molecule has 3 nitrogen and oxygen atoms in total. The van der Waals surface area contributed by atoms with E-state index in [0.717, 1.165) is 36.6 Å². The Hall–Kier alpha value is -0.610. The van der Waals surface area contributed by atoms with Gasteiger partial charge in [-0.2, -0.15) is 0 Å². The van der Waals surface area contributed by atoms with Gasteiger partial charge in [-0.15, -0.1) is 11.3 Å². The van der Waals surface area contributed by atoms with Gasteiger partial charge in [-0.1, -0.05) is 6.42 Å². The van der Waals surface area contributed by atoms with Crippen molar-refractivity contribution in [2.45, 2.75) is 45.6 Å². The Morgan fingerprint density at radius 2 is 2.25 bits per heavy atom. The molecule has 0 bridgehead atoms. The summed E-state index contributed by atoms with van der Waals surface area (Å²) >= 11 is 1.72. The van der Waals surface area contributed by atoms with Crippen molar-refractivity contribution in [3.8, 4) is 0 Å². The Morgan fingerprint density at radius 1 is 1.44 bits per heavy atom. The number of rotatable bonds is 3. The van der Waals surface area contributed by atoms with Crippen LogP contribution in [-0.2, 0) is 0 Å². The third kappa shape index (κ3) is 2.95. The molecule has 0 spiro atoms. The molecule has 1 heterocycles. The molecule has 2 rings (SSSR count). The first kappa shape index (κ1) is 11.9. The van der Waals surface area contributed by atoms with Crippen molar-refractivity contribution >= 4 is 16.5 Å². The second kappa shape index (κ2) is 5.15. The summed E-state index contributed by atoms with van der Waals surface area (Å²) < 4.78 is 0. The number of thiazole rings is 1. The lowest BCUT2D eigenvalue weighted by atomic mass is 9.87. The van der Waals surface area contributed by atoms with E-state index in [-0.39, 0.29) is 6.10 Å². The minimum absolute atomic E-state index is 0.0830. The molecule has 2 N–H and O–H groups in total. The molecule has 0 aliphatic heterocycles. The maximum atomic E-state index is 9.58. The number of anilines is 1. The first-order valence-electron chi connectivity index (χ1n) is 6.01. The first-order valence-corrected chi connectivity index (χ1v) is 6.82. The van der Waals surface area contributed by atoms with E-state index in [1.807, 2.05) is 6.92 Å². The van der Waals surface area contributed by atoms with Crippen LogP contribution in [0, 0.1) is 19.8 Å². The van der Waals surface area contributed by atoms with Crippen LogP contribution < -0.4 is 5.32 Å². The molecule has 2 unspecified atom stereocenters. The fraction of sp³-hybridized carbons (Fsp3) is 0.750. The van der Waals surface area contributed by atoms with Crippen LogP contribution in [0.3, 0.4) is 0 Å². The van der Waals surface area contributed by atoms with Gasteiger partial charge in [0.25, 0.3) is 0 Å². The average molecular weight is 240 g/mol. The summed E-state index contributed by atoms with van der Waals surface area (Å²) in [5, 5.41) is 14.0. The summed E-state index contributed by atoms with van der Waals surface area (Å²) in [4.78, 5) is 5.74. The fourth-order valence-corrected chi connectivity index (χ4v) is 3.05. The van der Waals surface area contributed by atoms with E-state index in [1.165, 1.54) is 11.3 Å². The van der Waals surface area contributed by atoms with Crippen LogP contribution in [0.25, 0.3) is 0 Å². The largest absolute Gasteiger partial charge is 0.393 e. The third-order valence-corrected chi connectivity index (χ3v) is 4.36. The van der Waals surface area contributed by atoms with Crippen molar-refractivity contribution in [3.63, 3.8) is 0 Å². The molecule has 1 aromatic heterocycles. The molecule has 1 fully saturated rings. The summed E-state index contributed by atoms with van der Waals surface area (Å²) in [5.74, 6) is 0.605. The van der Waals surface area contributed by atoms with Crippen molar-refractivity contribution in [2.24, 2.45) is 5.92 Å². The highest BCUT2D eigenvalue weighted by Crippen LogP contribution is 2.26. The van der Waals surface area contributed by atoms with Gasteiger partial charge in [-0.05, 0) is 39.0 Å². The summed E-state index contributed by atoms with van der Waals surface area (Å²) in [5.41, 5.74) is 1.12. The Kier molecular flexibility index (Phi) is 3.82. The second-order valence-electron chi connectivity index (χ2n) is 4.73. The Bertz CT molecular complexity index is 331. The van der Waals surface area contributed by atoms with E-state index in [0.29, 0.717) is 5.92 Å². The van der Waals surface area contributed by atoms with Gasteiger partial charge in [-0.3, -0.25) is 0 Å². The molecule has 0 amide bonds. The lowest BCUT2D eigenvalue weighted by Crippen LogP contribution is -2.24. The molecule has 2 atom stereocenters. The number of nitrogens with zero attached hydrogens (tertiary/aromatic N) is 1. The van der Waals surface area contributed by atoms with E-state index in [9.17, 15) is 5.11 Å². The van der Waals surface area contributed by atoms with E-state index < -0.39 is 0 Å². The van der Waals surface area contributed by atoms with Gasteiger partial charge in [0.05, 0.1) is 11.8 Å². The number of aryl methyl sites for hydroxylation is 2. The van der Waals surface area contributed by atoms with Gasteiger partial charge in [0, 0.05) is 11.4 Å². The van der Waals surface area contributed by atoms with Gasteiger partial charge in [-0.25, -0.2) is 4.98 Å². The van der Waals surface area contributed by atoms with E-state index in [4.69, 9.17) is 0 Å². The quantitative estimate of drug-likeness (QED) is 0.854. The molecule has 1 aromatic rings. The minimum atomic E-state index is -0.0830. The zero-order valence-corrected chi connectivity index (χ0v) is 10.8. The van der Waals surface area contributed by atoms with Crippen molar-refractivity contribution in [1.82, 2.24) is 4.98 Å². The summed E-state index contributed by atoms with van der Waals surface area (Å²) in [7, 11) is 0. The van der Waals surface area contributed by atoms with Crippen LogP contribution in [0.15, 0.2) is 0 Å². The summed E-state index contributed by atoms with van der Waals surface area (Å²) in [6.45, 7) is 5.09. The molecule has 1 aliphatic carbocycles. The van der Waals surface area contributed by atoms with Crippen LogP contribution in [0.2, 0.25) is 0 Å². The van der Waals surface area contributed by atoms with Crippen LogP contribution in [-0.4, -0.2) is 22.7 Å². The number of hydrogen-bond acceptors (Lipinski definition) is 4. The van der Waals surface area contributed by atoms with Crippen LogP contribution >= 0.6 is 11.3 Å². The topological polar surface area (TPSA) is 45.2 Å². The van der Waals surface area contributed by atoms with Crippen molar-refractivity contribution in [1.29, 1.82) is 0 Å². The second-order valence-corrected chi connectivity index (χ2v) is 5.93. The van der Waals surface area contributed by atoms with Gasteiger partial charge in [0.15, 0.2) is 5.13 Å². The number of hydrogen-bond donors (Lipinski definition) is 2. The molecule has 0 saturated heterocycles. The Balaban J connectivity index is 1.82. The monoisotopic (exact) mass is 240 g/mol. The van der Waals surface area contributed by atoms with E-state index in [1.54, 1.807) is 11.3 Å². The van der Waals surface area contributed by atoms with Gasteiger partial charge < -0.3 is 10.4 Å². The minimum Gasteiger partial charge on any atom is -0.393 e. The summed E-state index contributed by atoms with van der Waals surface area (Å²) in [6, 6.07) is 0. The first-order chi connectivity index (χ1) is 7.65. The predicted octanol–water partition coefficient (Wildman–Crippen LogP) is 2.72. The fourth-order valence-electron chi connectivity index (χ4n) is 2.23. The molecular weight excluding hydrogens is 220 g/mol. The van der Waals surface area contributed by atoms with Crippen molar-refractivity contribution < 1.29 is 5.11 Å². The highest BCUT2D eigenvalue weighted by Gasteiger charge is 2.20. The maximum Gasteiger partial charge on any atom is 0.183 e. The predicted molar refractivity (Wildman–Crippen MR) is 68.0 cm³/mol. The maximum absolute atomic E-state index is 9.58. The molecule has 0 radical (unpaired) electrons. The number of aliphatic hydroxyl groups excluding tert-OH is 1. The van der Waals surface area contributed by atoms with Gasteiger partial charge in [0.2, 0.25) is 0 Å². The Morgan fingerprint density at radius 3 is 2.88 bits per heavy atom. The standard InChI is InChI=1S/C12H20N2OS/c1-8-9(2)16-12(14-8)13-7-10-4-3-5-11(15)6-10/h10-11,15H,3-7H2,1-2H3,(H,13,14). The lowest BCUT2D eigenvalue weighted by molar-refractivity contribution is 0.105. The van der Waals surface area contributed by atoms with E-state index in [2.05, 4.69) is 17.2 Å². The Labute approximate surface area is 101 Å². The number of nitrogens with one attached hydrogen (secondary N) is 1.